The fourth-order valence-electron chi connectivity index (χ4n) is 4.23. The summed E-state index contributed by atoms with van der Waals surface area (Å²) in [6.45, 7) is -0.761. The molecule has 3 atom stereocenters. The second-order valence-corrected chi connectivity index (χ2v) is 11.2. The third kappa shape index (κ3) is 5.51. The van der Waals surface area contributed by atoms with E-state index in [1.165, 1.54) is 33.5 Å². The fourth-order valence-corrected chi connectivity index (χ4v) is 4.52. The van der Waals surface area contributed by atoms with Crippen LogP contribution in [0.1, 0.15) is 22.8 Å². The summed E-state index contributed by atoms with van der Waals surface area (Å²) in [6, 6.07) is 5.14. The van der Waals surface area contributed by atoms with Gasteiger partial charge in [0.25, 0.3) is 17.7 Å². The van der Waals surface area contributed by atoms with E-state index in [-0.39, 0.29) is 18.7 Å². The highest BCUT2D eigenvalue weighted by Gasteiger charge is 2.41. The molecule has 0 spiro atoms. The molecule has 1 aliphatic rings. The molecule has 4 aromatic rings. The molecule has 1 saturated heterocycles. The van der Waals surface area contributed by atoms with Gasteiger partial charge >= 0.3 is 9.15 Å². The summed E-state index contributed by atoms with van der Waals surface area (Å²) in [6.07, 6.45) is 1.30. The maximum Gasteiger partial charge on any atom is 0.322 e. The molecule has 0 aliphatic carbocycles. The minimum Gasteiger partial charge on any atom is -0.402 e. The quantitative estimate of drug-likeness (QED) is 0.221. The number of halogens is 4. The summed E-state index contributed by atoms with van der Waals surface area (Å²) in [7, 11) is 0. The molecule has 4 heterocycles. The van der Waals surface area contributed by atoms with E-state index < -0.39 is 51.5 Å². The van der Waals surface area contributed by atoms with Gasteiger partial charge in [-0.3, -0.25) is 24.4 Å². The largest absolute Gasteiger partial charge is 0.402 e. The molecule has 202 valence electrons. The first kappa shape index (κ1) is 26.8. The lowest BCUT2D eigenvalue weighted by molar-refractivity contribution is -0.137. The third-order valence-corrected chi connectivity index (χ3v) is 6.58. The Morgan fingerprint density at radius 3 is 2.69 bits per heavy atom. The number of hydrogen-bond acceptors (Lipinski definition) is 9. The number of benzene rings is 1. The number of alkyl halides is 4. The molecule has 0 saturated carbocycles. The lowest BCUT2D eigenvalue weighted by Gasteiger charge is -2.23. The van der Waals surface area contributed by atoms with Crippen molar-refractivity contribution < 1.29 is 27.6 Å². The van der Waals surface area contributed by atoms with Crippen LogP contribution in [0.25, 0.3) is 22.0 Å². The van der Waals surface area contributed by atoms with Crippen LogP contribution in [0.15, 0.2) is 41.1 Å². The van der Waals surface area contributed by atoms with Gasteiger partial charge in [0.1, 0.15) is 18.8 Å². The number of fused-ring (bicyclic) bond motifs is 1. The number of anilines is 1. The van der Waals surface area contributed by atoms with Crippen LogP contribution in [0.3, 0.4) is 0 Å². The average Bonchev–Trinajstić information content (AvgIpc) is 3.61. The molecule has 3 unspecified atom stereocenters. The normalized spacial score (nSPS) is 18.7. The number of carbonyl (C=O) groups is 3. The molecule has 3 aromatic heterocycles. The van der Waals surface area contributed by atoms with Gasteiger partial charge in [-0.15, -0.1) is 5.10 Å². The van der Waals surface area contributed by atoms with Crippen molar-refractivity contribution in [3.63, 3.8) is 0 Å². The number of likely N-dealkylation sites (tertiary alicyclic amines) is 1. The molecule has 1 fully saturated rings. The van der Waals surface area contributed by atoms with E-state index in [9.17, 15) is 23.2 Å². The molecule has 3 amide bonds. The molecular formula is C22H17ClF2IN9O4. The first-order valence-electron chi connectivity index (χ1n) is 11.2. The highest BCUT2D eigenvalue weighted by atomic mass is 127. The van der Waals surface area contributed by atoms with Gasteiger partial charge in [0.2, 0.25) is 5.91 Å². The van der Waals surface area contributed by atoms with Gasteiger partial charge in [0, 0.05) is 17.4 Å². The molecule has 1 aliphatic heterocycles. The number of amides is 3. The minimum atomic E-state index is -2.49. The van der Waals surface area contributed by atoms with Gasteiger partial charge in [0.15, 0.2) is 5.69 Å². The molecule has 0 bridgehead atoms. The van der Waals surface area contributed by atoms with E-state index in [4.69, 9.17) is 21.8 Å². The van der Waals surface area contributed by atoms with Crippen molar-refractivity contribution in [3.8, 4) is 11.1 Å². The Bertz CT molecular complexity index is 1580. The molecule has 39 heavy (non-hydrogen) atoms. The van der Waals surface area contributed by atoms with Gasteiger partial charge < -0.3 is 15.1 Å². The smallest absolute Gasteiger partial charge is 0.322 e. The first-order valence-corrected chi connectivity index (χ1v) is 12.7. The van der Waals surface area contributed by atoms with E-state index in [0.717, 1.165) is 10.5 Å². The van der Waals surface area contributed by atoms with Gasteiger partial charge in [-0.05, 0) is 46.4 Å². The zero-order valence-corrected chi connectivity index (χ0v) is 22.5. The summed E-state index contributed by atoms with van der Waals surface area (Å²) >= 11 is 6.68. The number of aromatic nitrogens is 6. The van der Waals surface area contributed by atoms with E-state index in [0.29, 0.717) is 16.5 Å². The zero-order chi connectivity index (χ0) is 27.9. The molecule has 3 N–H and O–H groups in total. The molecule has 5 rings (SSSR count). The Hall–Kier alpha value is -3.80. The van der Waals surface area contributed by atoms with E-state index in [2.05, 4.69) is 30.8 Å². The summed E-state index contributed by atoms with van der Waals surface area (Å²) < 4.78 is 31.9. The third-order valence-electron chi connectivity index (χ3n) is 5.96. The van der Waals surface area contributed by atoms with Crippen LogP contribution in [0.2, 0.25) is 0 Å². The predicted molar refractivity (Wildman–Crippen MR) is 140 cm³/mol. The second kappa shape index (κ2) is 10.4. The molecule has 13 nitrogen and oxygen atoms in total. The Morgan fingerprint density at radius 2 is 2.03 bits per heavy atom. The van der Waals surface area contributed by atoms with Crippen molar-refractivity contribution in [2.45, 2.75) is 28.3 Å². The number of hydrogen-bond donors (Lipinski definition) is 2. The van der Waals surface area contributed by atoms with Gasteiger partial charge in [0.05, 0.1) is 24.5 Å². The maximum absolute atomic E-state index is 14.4. The monoisotopic (exact) mass is 671 g/mol. The lowest BCUT2D eigenvalue weighted by Crippen LogP contribution is -2.44. The van der Waals surface area contributed by atoms with Gasteiger partial charge in [-0.2, -0.15) is 15.3 Å². The van der Waals surface area contributed by atoms with Crippen molar-refractivity contribution in [3.05, 3.63) is 48.2 Å². The van der Waals surface area contributed by atoms with Crippen LogP contribution in [0.4, 0.5) is 14.8 Å². The summed E-state index contributed by atoms with van der Waals surface area (Å²) in [5.41, 5.74) is 7.34. The number of primary amides is 1. The van der Waals surface area contributed by atoms with Crippen LogP contribution < -0.4 is 11.1 Å². The van der Waals surface area contributed by atoms with Crippen LogP contribution in [-0.4, -0.2) is 71.6 Å². The highest BCUT2D eigenvalue weighted by molar-refractivity contribution is 14.1. The molecule has 0 radical (unpaired) electrons. The molecule has 17 heteroatoms. The van der Waals surface area contributed by atoms with Crippen LogP contribution in [0.5, 0.6) is 0 Å². The van der Waals surface area contributed by atoms with E-state index in [1.807, 2.05) is 0 Å². The zero-order valence-electron chi connectivity index (χ0n) is 19.6. The Balaban J connectivity index is 1.38. The number of nitrogens with one attached hydrogen (secondary N) is 1. The molecule has 1 aromatic carbocycles. The highest BCUT2D eigenvalue weighted by Crippen LogP contribution is 2.37. The van der Waals surface area contributed by atoms with Crippen molar-refractivity contribution in [1.82, 2.24) is 35.1 Å². The maximum atomic E-state index is 14.4. The van der Waals surface area contributed by atoms with Crippen LogP contribution in [0, 0.1) is 0 Å². The number of carbonyl (C=O) groups excluding carboxylic acids is 3. The Labute approximate surface area is 236 Å². The van der Waals surface area contributed by atoms with Crippen molar-refractivity contribution in [2.75, 3.05) is 11.9 Å². The minimum absolute atomic E-state index is 0.0635. The average molecular weight is 672 g/mol. The SMILES string of the molecule is NC(=O)c1nn(CC(=O)N2CC(F)CC2C(=O)Nc2nnc(C(F)(Cl)I)o2)c2ccc(-c3ccnnc3)cc12. The van der Waals surface area contributed by atoms with Gasteiger partial charge in [-0.25, -0.2) is 8.78 Å². The summed E-state index contributed by atoms with van der Waals surface area (Å²) in [5.74, 6) is -2.86. The number of nitrogens with two attached hydrogens (primary N) is 1. The topological polar surface area (TPSA) is 175 Å². The standard InChI is InChI=1S/C22H17ClF2IN9O4/c23-22(25,26)20-31-32-21(39-20)30-19(38)15-6-12(24)8-34(15)16(36)9-35-14-2-1-10(11-3-4-28-29-7-11)5-13(14)17(33-35)18(27)37/h1-5,7,12,15H,6,8-9H2,(H2,27,37)(H,30,32,38). The fraction of sp³-hybridized carbons (Fsp3) is 0.273. The number of nitrogens with zero attached hydrogens (tertiary/aromatic N) is 7. The second-order valence-electron chi connectivity index (χ2n) is 8.53. The summed E-state index contributed by atoms with van der Waals surface area (Å²) in [5, 5.41) is 21.3. The van der Waals surface area contributed by atoms with Crippen molar-refractivity contribution >= 4 is 68.8 Å². The Kier molecular flexibility index (Phi) is 7.15. The van der Waals surface area contributed by atoms with Crippen molar-refractivity contribution in [2.24, 2.45) is 5.73 Å². The van der Waals surface area contributed by atoms with Crippen LogP contribution >= 0.6 is 34.2 Å². The van der Waals surface area contributed by atoms with Gasteiger partial charge in [-0.1, -0.05) is 22.8 Å². The molecular weight excluding hydrogens is 655 g/mol. The first-order chi connectivity index (χ1) is 18.5. The Morgan fingerprint density at radius 1 is 1.23 bits per heavy atom. The number of rotatable bonds is 7. The van der Waals surface area contributed by atoms with Crippen molar-refractivity contribution in [1.29, 1.82) is 0 Å². The predicted octanol–water partition coefficient (Wildman–Crippen LogP) is 2.31. The summed E-state index contributed by atoms with van der Waals surface area (Å²) in [4.78, 5) is 39.2. The lowest BCUT2D eigenvalue weighted by atomic mass is 10.0. The van der Waals surface area contributed by atoms with E-state index in [1.54, 1.807) is 30.5 Å². The van der Waals surface area contributed by atoms with Crippen LogP contribution in [-0.2, 0) is 19.3 Å². The van der Waals surface area contributed by atoms with E-state index >= 15 is 0 Å².